The fourth-order valence-electron chi connectivity index (χ4n) is 2.14. The minimum atomic E-state index is 0.0821. The van der Waals surface area contributed by atoms with E-state index in [2.05, 4.69) is 6.07 Å². The Kier molecular flexibility index (Phi) is 4.83. The molecule has 0 spiro atoms. The lowest BCUT2D eigenvalue weighted by atomic mass is 10.0. The predicted molar refractivity (Wildman–Crippen MR) is 80.4 cm³/mol. The summed E-state index contributed by atoms with van der Waals surface area (Å²) in [5.74, 6) is 0. The molecule has 2 N–H and O–H groups in total. The van der Waals surface area contributed by atoms with Crippen LogP contribution in [0.15, 0.2) is 48.5 Å². The summed E-state index contributed by atoms with van der Waals surface area (Å²) in [7, 11) is 1.73. The maximum Gasteiger partial charge on any atom is 0.0824 e. The van der Waals surface area contributed by atoms with Crippen LogP contribution in [0.25, 0.3) is 0 Å². The molecule has 0 heterocycles. The molecule has 2 aromatic rings. The molecular weight excluding hydrogens is 258 g/mol. The lowest BCUT2D eigenvalue weighted by Gasteiger charge is -2.16. The van der Waals surface area contributed by atoms with E-state index in [9.17, 15) is 0 Å². The van der Waals surface area contributed by atoms with Crippen LogP contribution in [0.5, 0.6) is 0 Å². The third-order valence-electron chi connectivity index (χ3n) is 3.17. The molecule has 0 aliphatic heterocycles. The van der Waals surface area contributed by atoms with Crippen molar-refractivity contribution in [2.75, 3.05) is 12.8 Å². The normalized spacial score (nSPS) is 12.3. The van der Waals surface area contributed by atoms with Crippen LogP contribution in [0, 0.1) is 0 Å². The van der Waals surface area contributed by atoms with E-state index in [1.807, 2.05) is 42.5 Å². The molecule has 0 saturated carbocycles. The Balaban J connectivity index is 2.01. The number of rotatable bonds is 5. The molecule has 0 aromatic heterocycles. The van der Waals surface area contributed by atoms with Crippen molar-refractivity contribution in [2.45, 2.75) is 18.9 Å². The summed E-state index contributed by atoms with van der Waals surface area (Å²) in [6, 6.07) is 15.8. The van der Waals surface area contributed by atoms with Gasteiger partial charge in [-0.3, -0.25) is 0 Å². The molecule has 0 radical (unpaired) electrons. The second-order valence-electron chi connectivity index (χ2n) is 4.56. The SMILES string of the molecule is COC(CCc1cccc(N)c1)c1ccc(Cl)cc1. The van der Waals surface area contributed by atoms with Crippen molar-refractivity contribution in [1.29, 1.82) is 0 Å². The van der Waals surface area contributed by atoms with Crippen LogP contribution in [0.2, 0.25) is 5.02 Å². The second kappa shape index (κ2) is 6.60. The molecule has 0 aliphatic rings. The van der Waals surface area contributed by atoms with Crippen molar-refractivity contribution in [1.82, 2.24) is 0 Å². The molecular formula is C16H18ClNO. The van der Waals surface area contributed by atoms with Gasteiger partial charge in [-0.2, -0.15) is 0 Å². The summed E-state index contributed by atoms with van der Waals surface area (Å²) in [4.78, 5) is 0. The Bertz CT molecular complexity index is 525. The molecule has 2 aromatic carbocycles. The third-order valence-corrected chi connectivity index (χ3v) is 3.42. The molecule has 2 rings (SSSR count). The van der Waals surface area contributed by atoms with Gasteiger partial charge in [0, 0.05) is 17.8 Å². The fourth-order valence-corrected chi connectivity index (χ4v) is 2.27. The molecule has 3 heteroatoms. The number of methoxy groups -OCH3 is 1. The van der Waals surface area contributed by atoms with E-state index in [-0.39, 0.29) is 6.10 Å². The number of nitrogen functional groups attached to an aromatic ring is 1. The minimum absolute atomic E-state index is 0.0821. The average molecular weight is 276 g/mol. The average Bonchev–Trinajstić information content (AvgIpc) is 2.41. The van der Waals surface area contributed by atoms with E-state index in [1.165, 1.54) is 5.56 Å². The number of halogens is 1. The van der Waals surface area contributed by atoms with Crippen molar-refractivity contribution < 1.29 is 4.74 Å². The van der Waals surface area contributed by atoms with E-state index in [1.54, 1.807) is 7.11 Å². The van der Waals surface area contributed by atoms with E-state index >= 15 is 0 Å². The lowest BCUT2D eigenvalue weighted by Crippen LogP contribution is -2.03. The van der Waals surface area contributed by atoms with Crippen LogP contribution in [0.3, 0.4) is 0 Å². The summed E-state index contributed by atoms with van der Waals surface area (Å²) in [6.45, 7) is 0. The summed E-state index contributed by atoms with van der Waals surface area (Å²) in [5, 5.41) is 0.745. The summed E-state index contributed by atoms with van der Waals surface area (Å²) in [6.07, 6.45) is 1.94. The number of nitrogens with two attached hydrogens (primary N) is 1. The second-order valence-corrected chi connectivity index (χ2v) is 5.00. The van der Waals surface area contributed by atoms with Gasteiger partial charge in [-0.15, -0.1) is 0 Å². The number of hydrogen-bond acceptors (Lipinski definition) is 2. The van der Waals surface area contributed by atoms with E-state index in [0.29, 0.717) is 0 Å². The Labute approximate surface area is 119 Å². The monoisotopic (exact) mass is 275 g/mol. The zero-order valence-electron chi connectivity index (χ0n) is 11.0. The van der Waals surface area contributed by atoms with E-state index in [0.717, 1.165) is 29.1 Å². The van der Waals surface area contributed by atoms with Crippen molar-refractivity contribution in [3.05, 3.63) is 64.7 Å². The smallest absolute Gasteiger partial charge is 0.0824 e. The molecule has 19 heavy (non-hydrogen) atoms. The van der Waals surface area contributed by atoms with Crippen LogP contribution in [-0.2, 0) is 11.2 Å². The van der Waals surface area contributed by atoms with Gasteiger partial charge in [0.1, 0.15) is 0 Å². The molecule has 0 bridgehead atoms. The summed E-state index contributed by atoms with van der Waals surface area (Å²) in [5.41, 5.74) is 8.96. The maximum absolute atomic E-state index is 5.90. The first-order chi connectivity index (χ1) is 9.19. The fraction of sp³-hybridized carbons (Fsp3) is 0.250. The maximum atomic E-state index is 5.90. The summed E-state index contributed by atoms with van der Waals surface area (Å²) < 4.78 is 5.55. The van der Waals surface area contributed by atoms with Crippen LogP contribution in [0.1, 0.15) is 23.7 Å². The van der Waals surface area contributed by atoms with Crippen molar-refractivity contribution in [3.8, 4) is 0 Å². The summed E-state index contributed by atoms with van der Waals surface area (Å²) >= 11 is 5.90. The molecule has 2 nitrogen and oxygen atoms in total. The van der Waals surface area contributed by atoms with E-state index < -0.39 is 0 Å². The number of benzene rings is 2. The van der Waals surface area contributed by atoms with Crippen molar-refractivity contribution >= 4 is 17.3 Å². The van der Waals surface area contributed by atoms with E-state index in [4.69, 9.17) is 22.1 Å². The highest BCUT2D eigenvalue weighted by atomic mass is 35.5. The Hall–Kier alpha value is -1.51. The quantitative estimate of drug-likeness (QED) is 0.828. The number of aryl methyl sites for hydroxylation is 1. The zero-order chi connectivity index (χ0) is 13.7. The van der Waals surface area contributed by atoms with Gasteiger partial charge in [-0.1, -0.05) is 35.9 Å². The Morgan fingerprint density at radius 3 is 2.53 bits per heavy atom. The number of hydrogen-bond donors (Lipinski definition) is 1. The zero-order valence-corrected chi connectivity index (χ0v) is 11.7. The lowest BCUT2D eigenvalue weighted by molar-refractivity contribution is 0.0959. The molecule has 0 aliphatic carbocycles. The molecule has 1 atom stereocenters. The van der Waals surface area contributed by atoms with Crippen molar-refractivity contribution in [2.24, 2.45) is 0 Å². The number of ether oxygens (including phenoxy) is 1. The highest BCUT2D eigenvalue weighted by Gasteiger charge is 2.10. The van der Waals surface area contributed by atoms with Gasteiger partial charge in [0.05, 0.1) is 6.10 Å². The van der Waals surface area contributed by atoms with Crippen LogP contribution in [0.4, 0.5) is 5.69 Å². The van der Waals surface area contributed by atoms with Crippen LogP contribution in [-0.4, -0.2) is 7.11 Å². The van der Waals surface area contributed by atoms with Crippen LogP contribution >= 0.6 is 11.6 Å². The highest BCUT2D eigenvalue weighted by molar-refractivity contribution is 6.30. The molecule has 0 saturated heterocycles. The third kappa shape index (κ3) is 3.98. The van der Waals surface area contributed by atoms with Crippen molar-refractivity contribution in [3.63, 3.8) is 0 Å². The van der Waals surface area contributed by atoms with Gasteiger partial charge in [-0.05, 0) is 48.2 Å². The molecule has 100 valence electrons. The first-order valence-electron chi connectivity index (χ1n) is 6.31. The van der Waals surface area contributed by atoms with Crippen LogP contribution < -0.4 is 5.73 Å². The van der Waals surface area contributed by atoms with Gasteiger partial charge in [0.2, 0.25) is 0 Å². The Morgan fingerprint density at radius 2 is 1.89 bits per heavy atom. The minimum Gasteiger partial charge on any atom is -0.399 e. The Morgan fingerprint density at radius 1 is 1.16 bits per heavy atom. The first kappa shape index (κ1) is 13.9. The van der Waals surface area contributed by atoms with Gasteiger partial charge < -0.3 is 10.5 Å². The topological polar surface area (TPSA) is 35.2 Å². The van der Waals surface area contributed by atoms with Gasteiger partial charge in [0.25, 0.3) is 0 Å². The molecule has 1 unspecified atom stereocenters. The predicted octanol–water partition coefficient (Wildman–Crippen LogP) is 4.24. The van der Waals surface area contributed by atoms with Gasteiger partial charge >= 0.3 is 0 Å². The molecule has 0 amide bonds. The number of anilines is 1. The largest absolute Gasteiger partial charge is 0.399 e. The first-order valence-corrected chi connectivity index (χ1v) is 6.69. The highest BCUT2D eigenvalue weighted by Crippen LogP contribution is 2.24. The standard InChI is InChI=1S/C16H18ClNO/c1-19-16(13-6-8-14(17)9-7-13)10-5-12-3-2-4-15(18)11-12/h2-4,6-9,11,16H,5,10,18H2,1H3. The molecule has 0 fully saturated rings. The van der Waals surface area contributed by atoms with Gasteiger partial charge in [-0.25, -0.2) is 0 Å². The van der Waals surface area contributed by atoms with Gasteiger partial charge in [0.15, 0.2) is 0 Å².